The van der Waals surface area contributed by atoms with Crippen molar-refractivity contribution in [2.75, 3.05) is 6.61 Å². The smallest absolute Gasteiger partial charge is 0.417 e. The Morgan fingerprint density at radius 1 is 1.29 bits per heavy atom. The summed E-state index contributed by atoms with van der Waals surface area (Å²) >= 11 is 0. The molecule has 0 amide bonds. The Balaban J connectivity index is 3.62. The SMILES string of the molecule is CCOc1ccc(/C(O)=C(\C#N)C(=O)C(C)(C)C)c(C(F)(F)F)c1. The van der Waals surface area contributed by atoms with Crippen molar-refractivity contribution in [2.45, 2.75) is 33.9 Å². The quantitative estimate of drug-likeness (QED) is 0.497. The first kappa shape index (κ1) is 19.6. The summed E-state index contributed by atoms with van der Waals surface area (Å²) in [5, 5.41) is 19.3. The molecule has 4 nitrogen and oxygen atoms in total. The first-order valence-electron chi connectivity index (χ1n) is 7.16. The van der Waals surface area contributed by atoms with Gasteiger partial charge in [0.25, 0.3) is 0 Å². The molecule has 0 radical (unpaired) electrons. The lowest BCUT2D eigenvalue weighted by Crippen LogP contribution is -2.23. The number of alkyl halides is 3. The summed E-state index contributed by atoms with van der Waals surface area (Å²) in [7, 11) is 0. The van der Waals surface area contributed by atoms with Gasteiger partial charge in [-0.1, -0.05) is 20.8 Å². The highest BCUT2D eigenvalue weighted by Crippen LogP contribution is 2.38. The number of aliphatic hydroxyl groups is 1. The standard InChI is InChI=1S/C17H18F3NO3/c1-5-24-10-6-7-11(13(8-10)17(18,19)20)14(22)12(9-21)15(23)16(2,3)4/h6-8,22H,5H2,1-4H3/b14-12-. The van der Waals surface area contributed by atoms with E-state index < -0.39 is 39.8 Å². The van der Waals surface area contributed by atoms with Crippen molar-refractivity contribution in [2.24, 2.45) is 5.41 Å². The molecular formula is C17H18F3NO3. The third kappa shape index (κ3) is 4.28. The number of carbonyl (C=O) groups is 1. The first-order chi connectivity index (χ1) is 10.9. The second-order valence-electron chi connectivity index (χ2n) is 6.05. The molecule has 1 N–H and O–H groups in total. The topological polar surface area (TPSA) is 70.3 Å². The van der Waals surface area contributed by atoms with Crippen molar-refractivity contribution in [3.05, 3.63) is 34.9 Å². The van der Waals surface area contributed by atoms with Gasteiger partial charge < -0.3 is 9.84 Å². The molecule has 0 saturated carbocycles. The van der Waals surface area contributed by atoms with Crippen LogP contribution < -0.4 is 4.74 Å². The van der Waals surface area contributed by atoms with E-state index in [1.54, 1.807) is 6.92 Å². The van der Waals surface area contributed by atoms with Crippen LogP contribution in [0.2, 0.25) is 0 Å². The molecule has 0 bridgehead atoms. The number of allylic oxidation sites excluding steroid dienone is 1. The maximum Gasteiger partial charge on any atom is 0.417 e. The Morgan fingerprint density at radius 3 is 2.29 bits per heavy atom. The highest BCUT2D eigenvalue weighted by Gasteiger charge is 2.37. The van der Waals surface area contributed by atoms with E-state index in [-0.39, 0.29) is 12.4 Å². The molecule has 0 fully saturated rings. The van der Waals surface area contributed by atoms with Crippen LogP contribution in [0.3, 0.4) is 0 Å². The number of ketones is 1. The second kappa shape index (κ2) is 6.95. The van der Waals surface area contributed by atoms with Crippen molar-refractivity contribution < 1.29 is 27.8 Å². The molecule has 1 aromatic rings. The summed E-state index contributed by atoms with van der Waals surface area (Å²) in [4.78, 5) is 12.2. The summed E-state index contributed by atoms with van der Waals surface area (Å²) in [6, 6.07) is 4.45. The molecule has 0 aliphatic carbocycles. The van der Waals surface area contributed by atoms with Crippen molar-refractivity contribution in [1.82, 2.24) is 0 Å². The number of nitriles is 1. The molecule has 24 heavy (non-hydrogen) atoms. The summed E-state index contributed by atoms with van der Waals surface area (Å²) < 4.78 is 44.9. The predicted octanol–water partition coefficient (Wildman–Crippen LogP) is 4.51. The Labute approximate surface area is 138 Å². The Kier molecular flexibility index (Phi) is 5.67. The third-order valence-electron chi connectivity index (χ3n) is 3.12. The third-order valence-corrected chi connectivity index (χ3v) is 3.12. The average molecular weight is 341 g/mol. The number of hydrogen-bond acceptors (Lipinski definition) is 4. The number of ether oxygens (including phenoxy) is 1. The molecular weight excluding hydrogens is 323 g/mol. The first-order valence-corrected chi connectivity index (χ1v) is 7.16. The van der Waals surface area contributed by atoms with Crippen LogP contribution in [0.25, 0.3) is 5.76 Å². The maximum absolute atomic E-state index is 13.3. The summed E-state index contributed by atoms with van der Waals surface area (Å²) in [5.41, 5.74) is -3.56. The molecule has 0 aliphatic rings. The fraction of sp³-hybridized carbons (Fsp3) is 0.412. The molecule has 0 aromatic heterocycles. The van der Waals surface area contributed by atoms with Gasteiger partial charge in [-0.25, -0.2) is 0 Å². The largest absolute Gasteiger partial charge is 0.506 e. The van der Waals surface area contributed by atoms with E-state index in [4.69, 9.17) is 10.00 Å². The van der Waals surface area contributed by atoms with Gasteiger partial charge in [0.05, 0.1) is 12.2 Å². The summed E-state index contributed by atoms with van der Waals surface area (Å²) in [5.74, 6) is -1.76. The molecule has 1 aromatic carbocycles. The van der Waals surface area contributed by atoms with E-state index in [9.17, 15) is 23.1 Å². The molecule has 0 aliphatic heterocycles. The number of rotatable bonds is 4. The van der Waals surface area contributed by atoms with Gasteiger partial charge in [-0.3, -0.25) is 4.79 Å². The van der Waals surface area contributed by atoms with Crippen molar-refractivity contribution in [3.8, 4) is 11.8 Å². The highest BCUT2D eigenvalue weighted by molar-refractivity contribution is 6.07. The zero-order valence-corrected chi connectivity index (χ0v) is 13.8. The van der Waals surface area contributed by atoms with Gasteiger partial charge in [0.1, 0.15) is 23.2 Å². The lowest BCUT2D eigenvalue weighted by atomic mass is 9.85. The van der Waals surface area contributed by atoms with Crippen LogP contribution in [-0.2, 0) is 11.0 Å². The van der Waals surface area contributed by atoms with Crippen LogP contribution in [0.5, 0.6) is 5.75 Å². The van der Waals surface area contributed by atoms with E-state index in [2.05, 4.69) is 0 Å². The lowest BCUT2D eigenvalue weighted by molar-refractivity contribution is -0.138. The molecule has 130 valence electrons. The molecule has 1 rings (SSSR count). The zero-order valence-electron chi connectivity index (χ0n) is 13.8. The van der Waals surface area contributed by atoms with Crippen LogP contribution in [0.15, 0.2) is 23.8 Å². The van der Waals surface area contributed by atoms with E-state index >= 15 is 0 Å². The van der Waals surface area contributed by atoms with Crippen LogP contribution >= 0.6 is 0 Å². The summed E-state index contributed by atoms with van der Waals surface area (Å²) in [6.45, 7) is 6.30. The summed E-state index contributed by atoms with van der Waals surface area (Å²) in [6.07, 6.45) is -4.79. The van der Waals surface area contributed by atoms with E-state index in [0.717, 1.165) is 12.1 Å². The monoisotopic (exact) mass is 341 g/mol. The minimum atomic E-state index is -4.79. The van der Waals surface area contributed by atoms with Crippen molar-refractivity contribution >= 4 is 11.5 Å². The van der Waals surface area contributed by atoms with E-state index in [1.807, 2.05) is 0 Å². The fourth-order valence-electron chi connectivity index (χ4n) is 1.94. The van der Waals surface area contributed by atoms with Crippen LogP contribution in [0.1, 0.15) is 38.8 Å². The zero-order chi connectivity index (χ0) is 18.7. The van der Waals surface area contributed by atoms with Crippen molar-refractivity contribution in [1.29, 1.82) is 5.26 Å². The minimum absolute atomic E-state index is 0.0259. The van der Waals surface area contributed by atoms with Crippen molar-refractivity contribution in [3.63, 3.8) is 0 Å². The molecule has 0 unspecified atom stereocenters. The molecule has 0 saturated heterocycles. The van der Waals surface area contributed by atoms with Gasteiger partial charge in [-0.2, -0.15) is 18.4 Å². The van der Waals surface area contributed by atoms with Crippen LogP contribution in [0.4, 0.5) is 13.2 Å². The van der Waals surface area contributed by atoms with Gasteiger partial charge in [-0.15, -0.1) is 0 Å². The van der Waals surface area contributed by atoms with Gasteiger partial charge in [0, 0.05) is 11.0 Å². The van der Waals surface area contributed by atoms with E-state index in [1.165, 1.54) is 32.9 Å². The maximum atomic E-state index is 13.3. The number of nitrogens with zero attached hydrogens (tertiary/aromatic N) is 1. The fourth-order valence-corrected chi connectivity index (χ4v) is 1.94. The van der Waals surface area contributed by atoms with Gasteiger partial charge in [0.2, 0.25) is 0 Å². The van der Waals surface area contributed by atoms with E-state index in [0.29, 0.717) is 0 Å². The Morgan fingerprint density at radius 2 is 1.88 bits per heavy atom. The van der Waals surface area contributed by atoms with Gasteiger partial charge in [0.15, 0.2) is 5.78 Å². The number of carbonyl (C=O) groups excluding carboxylic acids is 1. The van der Waals surface area contributed by atoms with Crippen LogP contribution in [0, 0.1) is 16.7 Å². The lowest BCUT2D eigenvalue weighted by Gasteiger charge is -2.18. The molecule has 0 atom stereocenters. The molecule has 7 heteroatoms. The predicted molar refractivity (Wildman–Crippen MR) is 82.2 cm³/mol. The normalized spacial score (nSPS) is 13.1. The number of benzene rings is 1. The highest BCUT2D eigenvalue weighted by atomic mass is 19.4. The molecule has 0 heterocycles. The number of aliphatic hydroxyl groups excluding tert-OH is 1. The number of halogens is 3. The van der Waals surface area contributed by atoms with Gasteiger partial charge >= 0.3 is 6.18 Å². The second-order valence-corrected chi connectivity index (χ2v) is 6.05. The van der Waals surface area contributed by atoms with Gasteiger partial charge in [-0.05, 0) is 25.1 Å². The Hall–Kier alpha value is -2.49. The molecule has 0 spiro atoms. The average Bonchev–Trinajstić information content (AvgIpc) is 2.46. The van der Waals surface area contributed by atoms with Crippen LogP contribution in [-0.4, -0.2) is 17.5 Å². The minimum Gasteiger partial charge on any atom is -0.506 e. The number of Topliss-reactive ketones (excluding diaryl/α,β-unsaturated/α-hetero) is 1. The Bertz CT molecular complexity index is 707. The number of hydrogen-bond donors (Lipinski definition) is 1.